The van der Waals surface area contributed by atoms with Crippen LogP contribution in [0.2, 0.25) is 0 Å². The number of ether oxygens (including phenoxy) is 2. The molecule has 1 aliphatic carbocycles. The number of fused-ring (bicyclic) bond motifs is 1. The van der Waals surface area contributed by atoms with Crippen LogP contribution in [0.3, 0.4) is 0 Å². The number of carbonyl (C=O) groups is 1. The Bertz CT molecular complexity index is 1250. The summed E-state index contributed by atoms with van der Waals surface area (Å²) in [6.45, 7) is 4.77. The standard InChI is InChI=1S/C28H35N3O4/c1-19-14-15-25(35-4)24(18-19)31-26(29-23-13-9-8-12-22(23)28(31)33)20(2)30(16-17-34-3)27(32)21-10-6-5-7-11-21/h8-9,12-15,18,20-21H,5-7,10-11,16-17H2,1-4H3. The minimum Gasteiger partial charge on any atom is -0.495 e. The Kier molecular flexibility index (Phi) is 7.86. The first-order valence-electron chi connectivity index (χ1n) is 12.4. The SMILES string of the molecule is COCCN(C(=O)C1CCCCC1)C(C)c1nc2ccccc2c(=O)n1-c1cc(C)ccc1OC. The van der Waals surface area contributed by atoms with Gasteiger partial charge < -0.3 is 14.4 Å². The molecule has 3 aromatic rings. The number of hydrogen-bond acceptors (Lipinski definition) is 5. The molecule has 1 heterocycles. The predicted octanol–water partition coefficient (Wildman–Crippen LogP) is 4.82. The van der Waals surface area contributed by atoms with Crippen molar-refractivity contribution < 1.29 is 14.3 Å². The Morgan fingerprint density at radius 2 is 1.89 bits per heavy atom. The van der Waals surface area contributed by atoms with E-state index in [4.69, 9.17) is 14.5 Å². The van der Waals surface area contributed by atoms with Crippen LogP contribution in [0.15, 0.2) is 47.3 Å². The molecule has 1 aromatic heterocycles. The van der Waals surface area contributed by atoms with E-state index in [-0.39, 0.29) is 17.4 Å². The van der Waals surface area contributed by atoms with Gasteiger partial charge in [-0.3, -0.25) is 14.2 Å². The first kappa shape index (κ1) is 24.9. The van der Waals surface area contributed by atoms with Crippen molar-refractivity contribution in [3.05, 3.63) is 64.2 Å². The summed E-state index contributed by atoms with van der Waals surface area (Å²) in [4.78, 5) is 34.4. The van der Waals surface area contributed by atoms with E-state index >= 15 is 0 Å². The number of aromatic nitrogens is 2. The summed E-state index contributed by atoms with van der Waals surface area (Å²) in [6, 6.07) is 12.6. The number of hydrogen-bond donors (Lipinski definition) is 0. The van der Waals surface area contributed by atoms with E-state index in [1.54, 1.807) is 24.9 Å². The molecule has 2 aromatic carbocycles. The lowest BCUT2D eigenvalue weighted by Gasteiger charge is -2.34. The van der Waals surface area contributed by atoms with Crippen molar-refractivity contribution in [3.8, 4) is 11.4 Å². The maximum Gasteiger partial charge on any atom is 0.266 e. The quantitative estimate of drug-likeness (QED) is 0.465. The summed E-state index contributed by atoms with van der Waals surface area (Å²) in [7, 11) is 3.23. The summed E-state index contributed by atoms with van der Waals surface area (Å²) in [5.41, 5.74) is 2.04. The largest absolute Gasteiger partial charge is 0.495 e. The molecule has 1 fully saturated rings. The molecule has 0 N–H and O–H groups in total. The fourth-order valence-electron chi connectivity index (χ4n) is 5.05. The van der Waals surface area contributed by atoms with Gasteiger partial charge in [-0.15, -0.1) is 0 Å². The minimum atomic E-state index is -0.442. The van der Waals surface area contributed by atoms with Gasteiger partial charge in [-0.2, -0.15) is 0 Å². The molecule has 0 saturated heterocycles. The molecule has 1 amide bonds. The van der Waals surface area contributed by atoms with Crippen molar-refractivity contribution in [2.75, 3.05) is 27.4 Å². The van der Waals surface area contributed by atoms with E-state index in [0.29, 0.717) is 41.3 Å². The zero-order valence-corrected chi connectivity index (χ0v) is 21.1. The lowest BCUT2D eigenvalue weighted by atomic mass is 9.88. The second-order valence-electron chi connectivity index (χ2n) is 9.34. The number of methoxy groups -OCH3 is 2. The summed E-state index contributed by atoms with van der Waals surface area (Å²) in [5.74, 6) is 1.19. The number of para-hydroxylation sites is 1. The molecule has 4 rings (SSSR count). The van der Waals surface area contributed by atoms with Crippen LogP contribution in [0.5, 0.6) is 5.75 Å². The normalized spacial score (nSPS) is 15.2. The van der Waals surface area contributed by atoms with Gasteiger partial charge in [-0.1, -0.05) is 37.5 Å². The molecule has 1 atom stereocenters. The molecule has 35 heavy (non-hydrogen) atoms. The monoisotopic (exact) mass is 477 g/mol. The van der Waals surface area contributed by atoms with Crippen LogP contribution >= 0.6 is 0 Å². The number of carbonyl (C=O) groups excluding carboxylic acids is 1. The van der Waals surface area contributed by atoms with Gasteiger partial charge in [0.1, 0.15) is 11.6 Å². The third kappa shape index (κ3) is 5.10. The average molecular weight is 478 g/mol. The molecule has 1 saturated carbocycles. The van der Waals surface area contributed by atoms with E-state index in [9.17, 15) is 9.59 Å². The maximum atomic E-state index is 13.9. The molecule has 1 aliphatic rings. The van der Waals surface area contributed by atoms with Crippen molar-refractivity contribution in [2.24, 2.45) is 5.92 Å². The van der Waals surface area contributed by atoms with Gasteiger partial charge in [0.2, 0.25) is 5.91 Å². The van der Waals surface area contributed by atoms with Gasteiger partial charge in [0.15, 0.2) is 0 Å². The molecular formula is C28H35N3O4. The number of aryl methyl sites for hydroxylation is 1. The Labute approximate surface area is 206 Å². The van der Waals surface area contributed by atoms with Crippen LogP contribution in [0.25, 0.3) is 16.6 Å². The first-order valence-corrected chi connectivity index (χ1v) is 12.4. The van der Waals surface area contributed by atoms with Crippen molar-refractivity contribution in [2.45, 2.75) is 52.0 Å². The summed E-state index contributed by atoms with van der Waals surface area (Å²) in [6.07, 6.45) is 5.12. The molecule has 7 heteroatoms. The minimum absolute atomic E-state index is 0.00260. The number of amides is 1. The molecule has 0 aliphatic heterocycles. The van der Waals surface area contributed by atoms with E-state index in [0.717, 1.165) is 31.2 Å². The Balaban J connectivity index is 1.90. The van der Waals surface area contributed by atoms with Crippen molar-refractivity contribution >= 4 is 16.8 Å². The highest BCUT2D eigenvalue weighted by atomic mass is 16.5. The molecule has 0 spiro atoms. The number of benzene rings is 2. The van der Waals surface area contributed by atoms with Crippen LogP contribution in [-0.4, -0.2) is 47.7 Å². The Morgan fingerprint density at radius 3 is 2.60 bits per heavy atom. The smallest absolute Gasteiger partial charge is 0.266 e. The Hall–Kier alpha value is -3.19. The van der Waals surface area contributed by atoms with Crippen LogP contribution in [0, 0.1) is 12.8 Å². The van der Waals surface area contributed by atoms with E-state index < -0.39 is 6.04 Å². The van der Waals surface area contributed by atoms with Gasteiger partial charge in [-0.25, -0.2) is 4.98 Å². The molecular weight excluding hydrogens is 442 g/mol. The number of nitrogens with zero attached hydrogens (tertiary/aromatic N) is 3. The molecule has 7 nitrogen and oxygen atoms in total. The predicted molar refractivity (Wildman–Crippen MR) is 137 cm³/mol. The topological polar surface area (TPSA) is 73.7 Å². The second kappa shape index (κ2) is 11.0. The van der Waals surface area contributed by atoms with Crippen molar-refractivity contribution in [1.29, 1.82) is 0 Å². The summed E-state index contributed by atoms with van der Waals surface area (Å²) >= 11 is 0. The molecule has 0 radical (unpaired) electrons. The lowest BCUT2D eigenvalue weighted by molar-refractivity contribution is -0.139. The highest BCUT2D eigenvalue weighted by Crippen LogP contribution is 2.31. The van der Waals surface area contributed by atoms with Crippen molar-refractivity contribution in [1.82, 2.24) is 14.5 Å². The van der Waals surface area contributed by atoms with Gasteiger partial charge >= 0.3 is 0 Å². The van der Waals surface area contributed by atoms with Gasteiger partial charge in [0.25, 0.3) is 5.56 Å². The fourth-order valence-corrected chi connectivity index (χ4v) is 5.05. The first-order chi connectivity index (χ1) is 17.0. The zero-order chi connectivity index (χ0) is 24.9. The Morgan fingerprint density at radius 1 is 1.14 bits per heavy atom. The van der Waals surface area contributed by atoms with Crippen molar-refractivity contribution in [3.63, 3.8) is 0 Å². The van der Waals surface area contributed by atoms with Crippen LogP contribution in [0.4, 0.5) is 0 Å². The highest BCUT2D eigenvalue weighted by Gasteiger charge is 2.32. The van der Waals surface area contributed by atoms with Crippen LogP contribution < -0.4 is 10.3 Å². The second-order valence-corrected chi connectivity index (χ2v) is 9.34. The van der Waals surface area contributed by atoms with Gasteiger partial charge in [-0.05, 0) is 56.5 Å². The van der Waals surface area contributed by atoms with Gasteiger partial charge in [0.05, 0.1) is 36.3 Å². The average Bonchev–Trinajstić information content (AvgIpc) is 2.89. The fraction of sp³-hybridized carbons (Fsp3) is 0.464. The maximum absolute atomic E-state index is 13.9. The zero-order valence-electron chi connectivity index (χ0n) is 21.1. The third-order valence-corrected chi connectivity index (χ3v) is 6.99. The summed E-state index contributed by atoms with van der Waals surface area (Å²) in [5, 5.41) is 0.522. The van der Waals surface area contributed by atoms with Crippen LogP contribution in [0.1, 0.15) is 56.5 Å². The van der Waals surface area contributed by atoms with Gasteiger partial charge in [0, 0.05) is 19.6 Å². The molecule has 0 bridgehead atoms. The number of rotatable bonds is 8. The van der Waals surface area contributed by atoms with Crippen LogP contribution in [-0.2, 0) is 9.53 Å². The highest BCUT2D eigenvalue weighted by molar-refractivity contribution is 5.80. The van der Waals surface area contributed by atoms with E-state index in [1.165, 1.54) is 6.42 Å². The lowest BCUT2D eigenvalue weighted by Crippen LogP contribution is -2.42. The summed E-state index contributed by atoms with van der Waals surface area (Å²) < 4.78 is 12.6. The third-order valence-electron chi connectivity index (χ3n) is 6.99. The molecule has 1 unspecified atom stereocenters. The molecule has 186 valence electrons. The van der Waals surface area contributed by atoms with E-state index in [1.807, 2.05) is 55.1 Å². The van der Waals surface area contributed by atoms with E-state index in [2.05, 4.69) is 0 Å².